The van der Waals surface area contributed by atoms with Crippen molar-refractivity contribution in [3.63, 3.8) is 0 Å². The minimum atomic E-state index is 0. The first-order valence-electron chi connectivity index (χ1n) is 8.24. The lowest BCUT2D eigenvalue weighted by Gasteiger charge is -2.21. The van der Waals surface area contributed by atoms with E-state index in [9.17, 15) is 0 Å². The molecule has 0 saturated heterocycles. The van der Waals surface area contributed by atoms with Crippen LogP contribution in [0.25, 0.3) is 0 Å². The highest BCUT2D eigenvalue weighted by molar-refractivity contribution is 14.0. The van der Waals surface area contributed by atoms with Crippen molar-refractivity contribution in [1.29, 1.82) is 0 Å². The summed E-state index contributed by atoms with van der Waals surface area (Å²) in [6, 6.07) is 1.96. The van der Waals surface area contributed by atoms with Gasteiger partial charge < -0.3 is 19.5 Å². The minimum Gasteiger partial charge on any atom is -0.379 e. The summed E-state index contributed by atoms with van der Waals surface area (Å²) in [4.78, 5) is 6.69. The Hall–Kier alpha value is -0.830. The van der Waals surface area contributed by atoms with Crippen molar-refractivity contribution >= 4 is 29.9 Å². The second-order valence-corrected chi connectivity index (χ2v) is 5.75. The lowest BCUT2D eigenvalue weighted by molar-refractivity contribution is 0.115. The van der Waals surface area contributed by atoms with Crippen LogP contribution in [0.1, 0.15) is 38.1 Å². The summed E-state index contributed by atoms with van der Waals surface area (Å²) in [6.45, 7) is 7.93. The van der Waals surface area contributed by atoms with E-state index in [0.717, 1.165) is 56.1 Å². The fourth-order valence-electron chi connectivity index (χ4n) is 2.06. The SMILES string of the molecule is CCNC(=NCc1cc(CC)no1)N(C)CCOCC1CC1.I. The van der Waals surface area contributed by atoms with Gasteiger partial charge in [-0.1, -0.05) is 12.1 Å². The molecule has 7 heteroatoms. The third-order valence-corrected chi connectivity index (χ3v) is 3.67. The second kappa shape index (κ2) is 10.9. The van der Waals surface area contributed by atoms with Crippen LogP contribution >= 0.6 is 24.0 Å². The number of ether oxygens (including phenoxy) is 1. The van der Waals surface area contributed by atoms with Crippen molar-refractivity contribution in [2.75, 3.05) is 33.4 Å². The maximum absolute atomic E-state index is 5.68. The van der Waals surface area contributed by atoms with Crippen molar-refractivity contribution in [1.82, 2.24) is 15.4 Å². The summed E-state index contributed by atoms with van der Waals surface area (Å²) in [7, 11) is 2.03. The molecule has 23 heavy (non-hydrogen) atoms. The van der Waals surface area contributed by atoms with Gasteiger partial charge in [0.15, 0.2) is 11.7 Å². The minimum absolute atomic E-state index is 0. The van der Waals surface area contributed by atoms with Gasteiger partial charge in [-0.05, 0) is 32.1 Å². The Morgan fingerprint density at radius 2 is 2.26 bits per heavy atom. The van der Waals surface area contributed by atoms with Crippen molar-refractivity contribution in [3.8, 4) is 0 Å². The molecule has 1 saturated carbocycles. The Morgan fingerprint density at radius 1 is 1.48 bits per heavy atom. The third kappa shape index (κ3) is 7.52. The molecule has 1 heterocycles. The first kappa shape index (κ1) is 20.2. The molecule has 0 amide bonds. The fourth-order valence-corrected chi connectivity index (χ4v) is 2.06. The first-order valence-corrected chi connectivity index (χ1v) is 8.24. The van der Waals surface area contributed by atoms with Crippen molar-refractivity contribution in [3.05, 3.63) is 17.5 Å². The molecule has 0 radical (unpaired) electrons. The summed E-state index contributed by atoms with van der Waals surface area (Å²) in [5.74, 6) is 2.48. The van der Waals surface area contributed by atoms with Crippen molar-refractivity contribution in [2.45, 2.75) is 39.7 Å². The van der Waals surface area contributed by atoms with Crippen LogP contribution in [-0.4, -0.2) is 49.4 Å². The maximum Gasteiger partial charge on any atom is 0.194 e. The van der Waals surface area contributed by atoms with Gasteiger partial charge in [-0.15, -0.1) is 24.0 Å². The fraction of sp³-hybridized carbons (Fsp3) is 0.750. The first-order chi connectivity index (χ1) is 10.7. The molecule has 0 aliphatic heterocycles. The zero-order chi connectivity index (χ0) is 15.8. The van der Waals surface area contributed by atoms with Gasteiger partial charge in [-0.3, -0.25) is 0 Å². The number of aromatic nitrogens is 1. The van der Waals surface area contributed by atoms with Gasteiger partial charge >= 0.3 is 0 Å². The predicted octanol–water partition coefficient (Wildman–Crippen LogP) is 2.68. The number of halogens is 1. The molecule has 0 unspecified atom stereocenters. The van der Waals surface area contributed by atoms with Crippen LogP contribution in [-0.2, 0) is 17.7 Å². The summed E-state index contributed by atoms with van der Waals surface area (Å²) in [5, 5.41) is 7.28. The highest BCUT2D eigenvalue weighted by Gasteiger charge is 2.21. The molecule has 6 nitrogen and oxygen atoms in total. The largest absolute Gasteiger partial charge is 0.379 e. The Kier molecular flexibility index (Phi) is 9.54. The summed E-state index contributed by atoms with van der Waals surface area (Å²) >= 11 is 0. The van der Waals surface area contributed by atoms with E-state index in [4.69, 9.17) is 9.26 Å². The molecule has 0 bridgehead atoms. The Morgan fingerprint density at radius 3 is 2.87 bits per heavy atom. The molecule has 0 aromatic carbocycles. The molecule has 132 valence electrons. The number of likely N-dealkylation sites (N-methyl/N-ethyl adjacent to an activating group) is 1. The van der Waals surface area contributed by atoms with Gasteiger partial charge in [0, 0.05) is 32.8 Å². The highest BCUT2D eigenvalue weighted by atomic mass is 127. The molecule has 1 fully saturated rings. The van der Waals surface area contributed by atoms with Crippen molar-refractivity contribution in [2.24, 2.45) is 10.9 Å². The third-order valence-electron chi connectivity index (χ3n) is 3.67. The van der Waals surface area contributed by atoms with Gasteiger partial charge in [0.1, 0.15) is 6.54 Å². The van der Waals surface area contributed by atoms with E-state index in [1.807, 2.05) is 13.1 Å². The molecule has 0 spiro atoms. The van der Waals surface area contributed by atoms with Gasteiger partial charge in [-0.2, -0.15) is 0 Å². The van der Waals surface area contributed by atoms with Crippen LogP contribution in [0.2, 0.25) is 0 Å². The van der Waals surface area contributed by atoms with Gasteiger partial charge in [0.25, 0.3) is 0 Å². The van der Waals surface area contributed by atoms with Gasteiger partial charge in [0.2, 0.25) is 0 Å². The van der Waals surface area contributed by atoms with Crippen molar-refractivity contribution < 1.29 is 9.26 Å². The second-order valence-electron chi connectivity index (χ2n) is 5.75. The monoisotopic (exact) mass is 436 g/mol. The molecule has 1 aliphatic carbocycles. The van der Waals surface area contributed by atoms with Crippen LogP contribution in [0.5, 0.6) is 0 Å². The van der Waals surface area contributed by atoms with E-state index < -0.39 is 0 Å². The van der Waals surface area contributed by atoms with E-state index in [0.29, 0.717) is 6.54 Å². The zero-order valence-electron chi connectivity index (χ0n) is 14.4. The number of nitrogens with zero attached hydrogens (tertiary/aromatic N) is 3. The zero-order valence-corrected chi connectivity index (χ0v) is 16.7. The Labute approximate surface area is 156 Å². The Balaban J connectivity index is 0.00000264. The summed E-state index contributed by atoms with van der Waals surface area (Å²) < 4.78 is 11.0. The average molecular weight is 436 g/mol. The molecule has 1 aromatic rings. The van der Waals surface area contributed by atoms with Gasteiger partial charge in [0.05, 0.1) is 12.3 Å². The summed E-state index contributed by atoms with van der Waals surface area (Å²) in [5.41, 5.74) is 0.969. The number of aryl methyl sites for hydroxylation is 1. The van der Waals surface area contributed by atoms with E-state index in [1.165, 1.54) is 12.8 Å². The normalized spacial score (nSPS) is 14.5. The molecule has 2 rings (SSSR count). The van der Waals surface area contributed by atoms with E-state index in [-0.39, 0.29) is 24.0 Å². The van der Waals surface area contributed by atoms with E-state index >= 15 is 0 Å². The lowest BCUT2D eigenvalue weighted by Crippen LogP contribution is -2.40. The predicted molar refractivity (Wildman–Crippen MR) is 102 cm³/mol. The number of guanidine groups is 1. The van der Waals surface area contributed by atoms with Crippen LogP contribution in [0.15, 0.2) is 15.6 Å². The highest BCUT2D eigenvalue weighted by Crippen LogP contribution is 2.28. The molecule has 0 atom stereocenters. The quantitative estimate of drug-likeness (QED) is 0.279. The average Bonchev–Trinajstić information content (AvgIpc) is 3.24. The molecule has 1 aliphatic rings. The smallest absolute Gasteiger partial charge is 0.194 e. The van der Waals surface area contributed by atoms with Crippen LogP contribution in [0, 0.1) is 5.92 Å². The molecule has 1 aromatic heterocycles. The molecular weight excluding hydrogens is 407 g/mol. The number of hydrogen-bond donors (Lipinski definition) is 1. The number of rotatable bonds is 9. The van der Waals surface area contributed by atoms with Crippen LogP contribution in [0.4, 0.5) is 0 Å². The Bertz CT molecular complexity index is 474. The van der Waals surface area contributed by atoms with E-state index in [1.54, 1.807) is 0 Å². The maximum atomic E-state index is 5.68. The number of hydrogen-bond acceptors (Lipinski definition) is 4. The standard InChI is InChI=1S/C16H28N4O2.HI/c1-4-14-10-15(22-19-14)11-18-16(17-5-2)20(3)8-9-21-12-13-6-7-13;/h10,13H,4-9,11-12H2,1-3H3,(H,17,18);1H. The van der Waals surface area contributed by atoms with Crippen LogP contribution in [0.3, 0.4) is 0 Å². The topological polar surface area (TPSA) is 62.9 Å². The van der Waals surface area contributed by atoms with Gasteiger partial charge in [-0.25, -0.2) is 4.99 Å². The number of aliphatic imine (C=N–C) groups is 1. The van der Waals surface area contributed by atoms with Crippen LogP contribution < -0.4 is 5.32 Å². The summed E-state index contributed by atoms with van der Waals surface area (Å²) in [6.07, 6.45) is 3.54. The molecule has 1 N–H and O–H groups in total. The lowest BCUT2D eigenvalue weighted by atomic mass is 10.3. The number of nitrogens with one attached hydrogen (secondary N) is 1. The van der Waals surface area contributed by atoms with E-state index in [2.05, 4.69) is 34.2 Å². The molecular formula is C16H29IN4O2.